The van der Waals surface area contributed by atoms with E-state index >= 15 is 0 Å². The van der Waals surface area contributed by atoms with Crippen LogP contribution in [0.15, 0.2) is 34.9 Å². The number of aryl methyl sites for hydroxylation is 1. The average molecular weight is 372 g/mol. The van der Waals surface area contributed by atoms with E-state index in [4.69, 9.17) is 12.4 Å². The van der Waals surface area contributed by atoms with Crippen LogP contribution in [0.2, 0.25) is 0 Å². The summed E-state index contributed by atoms with van der Waals surface area (Å²) in [6.45, 7) is 0. The molecule has 1 saturated carbocycles. The van der Waals surface area contributed by atoms with Gasteiger partial charge in [-0.1, -0.05) is 29.4 Å². The first-order chi connectivity index (χ1) is 12.7. The van der Waals surface area contributed by atoms with Gasteiger partial charge in [-0.25, -0.2) is 8.78 Å². The molecule has 27 heavy (non-hydrogen) atoms. The molecule has 1 fully saturated rings. The molecule has 3 aromatic rings. The standard InChI is InChI=1S/C17H15BF2N4O3/c1-24-12(13(19)20)8-11(22-24)14-21-15(23-27-14)16(6-7-16)9-4-2-3-5-10(9)17(18,25)26/h2-5,8,13,25-26H,6-7H2,1H3. The summed E-state index contributed by atoms with van der Waals surface area (Å²) < 4.78 is 32.2. The van der Waals surface area contributed by atoms with Gasteiger partial charge in [0.25, 0.3) is 12.3 Å². The molecule has 0 unspecified atom stereocenters. The third kappa shape index (κ3) is 2.94. The van der Waals surface area contributed by atoms with Gasteiger partial charge in [-0.3, -0.25) is 4.68 Å². The first-order valence-corrected chi connectivity index (χ1v) is 8.22. The van der Waals surface area contributed by atoms with Gasteiger partial charge in [0.15, 0.2) is 19.4 Å². The average Bonchev–Trinajstić information content (AvgIpc) is 3.08. The first kappa shape index (κ1) is 17.8. The molecule has 0 bridgehead atoms. The Morgan fingerprint density at radius 1 is 1.30 bits per heavy atom. The van der Waals surface area contributed by atoms with Gasteiger partial charge >= 0.3 is 0 Å². The summed E-state index contributed by atoms with van der Waals surface area (Å²) in [4.78, 5) is 4.33. The summed E-state index contributed by atoms with van der Waals surface area (Å²) in [7, 11) is 6.87. The predicted octanol–water partition coefficient (Wildman–Crippen LogP) is 1.75. The second kappa shape index (κ2) is 5.96. The Kier molecular flexibility index (Phi) is 3.93. The van der Waals surface area contributed by atoms with Crippen molar-refractivity contribution in [3.8, 4) is 11.6 Å². The number of aromatic nitrogens is 4. The molecule has 1 aromatic carbocycles. The van der Waals surface area contributed by atoms with Crippen LogP contribution in [0.1, 0.15) is 41.9 Å². The van der Waals surface area contributed by atoms with Gasteiger partial charge in [0.1, 0.15) is 11.4 Å². The van der Waals surface area contributed by atoms with Crippen LogP contribution < -0.4 is 0 Å². The second-order valence-corrected chi connectivity index (χ2v) is 6.66. The molecule has 4 rings (SSSR count). The van der Waals surface area contributed by atoms with Gasteiger partial charge in [-0.05, 0) is 24.5 Å². The molecule has 0 saturated heterocycles. The number of nitrogens with zero attached hydrogens (tertiary/aromatic N) is 4. The minimum Gasteiger partial charge on any atom is -0.371 e. The van der Waals surface area contributed by atoms with E-state index < -0.39 is 17.5 Å². The van der Waals surface area contributed by atoms with Gasteiger partial charge < -0.3 is 14.7 Å². The zero-order valence-corrected chi connectivity index (χ0v) is 14.3. The zero-order valence-electron chi connectivity index (χ0n) is 14.3. The number of aliphatic hydroxyl groups is 2. The fourth-order valence-electron chi connectivity index (χ4n) is 3.27. The van der Waals surface area contributed by atoms with Gasteiger partial charge in [0, 0.05) is 12.6 Å². The Hall–Kier alpha value is -2.59. The monoisotopic (exact) mass is 372 g/mol. The maximum Gasteiger partial charge on any atom is 0.280 e. The fraction of sp³-hybridized carbons (Fsp3) is 0.353. The maximum atomic E-state index is 13.0. The molecule has 2 aromatic heterocycles. The summed E-state index contributed by atoms with van der Waals surface area (Å²) in [5, 5.41) is 27.7. The normalized spacial score (nSPS) is 16.1. The van der Waals surface area contributed by atoms with Gasteiger partial charge in [-0.15, -0.1) is 0 Å². The molecule has 2 N–H and O–H groups in total. The Balaban J connectivity index is 1.73. The minimum absolute atomic E-state index is 0.0169. The summed E-state index contributed by atoms with van der Waals surface area (Å²) >= 11 is 0. The highest BCUT2D eigenvalue weighted by Crippen LogP contribution is 2.54. The third-order valence-electron chi connectivity index (χ3n) is 4.80. The molecule has 0 aliphatic heterocycles. The first-order valence-electron chi connectivity index (χ1n) is 8.22. The van der Waals surface area contributed by atoms with Gasteiger partial charge in [-0.2, -0.15) is 10.1 Å². The van der Waals surface area contributed by atoms with Crippen molar-refractivity contribution >= 4 is 7.85 Å². The SMILES string of the molecule is [B]C(O)(O)c1ccccc1C1(c2noc(-c3cc(C(F)F)n(C)n3)n2)CC1. The Labute approximate surface area is 154 Å². The van der Waals surface area contributed by atoms with Crippen LogP contribution in [0, 0.1) is 0 Å². The highest BCUT2D eigenvalue weighted by Gasteiger charge is 2.52. The highest BCUT2D eigenvalue weighted by molar-refractivity contribution is 6.13. The van der Waals surface area contributed by atoms with Crippen molar-refractivity contribution in [1.82, 2.24) is 19.9 Å². The van der Waals surface area contributed by atoms with Crippen molar-refractivity contribution in [3.05, 3.63) is 53.0 Å². The van der Waals surface area contributed by atoms with Gasteiger partial charge in [0.05, 0.1) is 5.41 Å². The molecular formula is C17H15BF2N4O3. The lowest BCUT2D eigenvalue weighted by atomic mass is 9.79. The molecular weight excluding hydrogens is 357 g/mol. The quantitative estimate of drug-likeness (QED) is 0.523. The number of hydrogen-bond donors (Lipinski definition) is 2. The summed E-state index contributed by atoms with van der Waals surface area (Å²) in [6.07, 6.45) is -1.36. The Morgan fingerprint density at radius 2 is 2.00 bits per heavy atom. The lowest BCUT2D eigenvalue weighted by Gasteiger charge is -2.24. The molecule has 2 radical (unpaired) electrons. The van der Waals surface area contributed by atoms with Crippen molar-refractivity contribution in [2.24, 2.45) is 7.05 Å². The topological polar surface area (TPSA) is 97.2 Å². The second-order valence-electron chi connectivity index (χ2n) is 6.66. The zero-order chi connectivity index (χ0) is 19.4. The van der Waals surface area contributed by atoms with E-state index in [1.165, 1.54) is 19.2 Å². The third-order valence-corrected chi connectivity index (χ3v) is 4.80. The van der Waals surface area contributed by atoms with Crippen LogP contribution >= 0.6 is 0 Å². The number of hydrogen-bond acceptors (Lipinski definition) is 6. The van der Waals surface area contributed by atoms with E-state index in [9.17, 15) is 19.0 Å². The number of benzene rings is 1. The molecule has 2 heterocycles. The largest absolute Gasteiger partial charge is 0.371 e. The van der Waals surface area contributed by atoms with Crippen LogP contribution in [-0.2, 0) is 18.1 Å². The summed E-state index contributed by atoms with van der Waals surface area (Å²) in [6, 6.07) is 7.83. The summed E-state index contributed by atoms with van der Waals surface area (Å²) in [5.41, 5.74) is -2.57. The lowest BCUT2D eigenvalue weighted by Crippen LogP contribution is -2.29. The van der Waals surface area contributed by atoms with E-state index in [0.29, 0.717) is 24.2 Å². The molecule has 138 valence electrons. The molecule has 1 aliphatic rings. The fourth-order valence-corrected chi connectivity index (χ4v) is 3.27. The molecule has 0 spiro atoms. The maximum absolute atomic E-state index is 13.0. The van der Waals surface area contributed by atoms with Crippen LogP contribution in [0.25, 0.3) is 11.6 Å². The van der Waals surface area contributed by atoms with E-state index in [1.807, 2.05) is 0 Å². The van der Waals surface area contributed by atoms with Crippen LogP contribution in [0.4, 0.5) is 8.78 Å². The van der Waals surface area contributed by atoms with Crippen LogP contribution in [0.5, 0.6) is 0 Å². The van der Waals surface area contributed by atoms with E-state index in [2.05, 4.69) is 15.2 Å². The summed E-state index contributed by atoms with van der Waals surface area (Å²) in [5.74, 6) is 0.335. The molecule has 0 atom stereocenters. The van der Waals surface area contributed by atoms with E-state index in [0.717, 1.165) is 4.68 Å². The lowest BCUT2D eigenvalue weighted by molar-refractivity contribution is -0.0918. The molecule has 7 nitrogen and oxygen atoms in total. The van der Waals surface area contributed by atoms with Gasteiger partial charge in [0.2, 0.25) is 0 Å². The number of halogens is 2. The molecule has 10 heteroatoms. The van der Waals surface area contributed by atoms with Crippen molar-refractivity contribution in [2.45, 2.75) is 30.4 Å². The minimum atomic E-state index is -2.67. The van der Waals surface area contributed by atoms with Crippen LogP contribution in [0.3, 0.4) is 0 Å². The van der Waals surface area contributed by atoms with Crippen molar-refractivity contribution in [3.63, 3.8) is 0 Å². The smallest absolute Gasteiger partial charge is 0.280 e. The van der Waals surface area contributed by atoms with E-state index in [1.54, 1.807) is 18.2 Å². The number of rotatable bonds is 5. The Bertz CT molecular complexity index is 992. The van der Waals surface area contributed by atoms with Crippen molar-refractivity contribution in [2.75, 3.05) is 0 Å². The molecule has 1 aliphatic carbocycles. The van der Waals surface area contributed by atoms with E-state index in [-0.39, 0.29) is 22.8 Å². The molecule has 0 amide bonds. The Morgan fingerprint density at radius 3 is 2.59 bits per heavy atom. The van der Waals surface area contributed by atoms with Crippen molar-refractivity contribution in [1.29, 1.82) is 0 Å². The number of alkyl halides is 2. The van der Waals surface area contributed by atoms with Crippen molar-refractivity contribution < 1.29 is 23.5 Å². The predicted molar refractivity (Wildman–Crippen MR) is 89.8 cm³/mol. The van der Waals surface area contributed by atoms with Crippen LogP contribution in [-0.4, -0.2) is 38.0 Å². The highest BCUT2D eigenvalue weighted by atomic mass is 19.3.